The van der Waals surface area contributed by atoms with E-state index in [9.17, 15) is 4.79 Å². The fourth-order valence-corrected chi connectivity index (χ4v) is 4.10. The molecule has 0 aliphatic carbocycles. The van der Waals surface area contributed by atoms with Crippen molar-refractivity contribution in [3.05, 3.63) is 71.6 Å². The van der Waals surface area contributed by atoms with Gasteiger partial charge in [0.1, 0.15) is 12.1 Å². The highest BCUT2D eigenvalue weighted by atomic mass is 35.5. The predicted molar refractivity (Wildman–Crippen MR) is 138 cm³/mol. The number of carbonyl (C=O) groups excluding carboxylic acids is 1. The van der Waals surface area contributed by atoms with E-state index in [-0.39, 0.29) is 0 Å². The normalized spacial score (nSPS) is 12.8. The molecule has 0 aliphatic heterocycles. The first-order valence-corrected chi connectivity index (χ1v) is 11.8. The zero-order valence-electron chi connectivity index (χ0n) is 18.5. The zero-order chi connectivity index (χ0) is 22.9. The van der Waals surface area contributed by atoms with E-state index in [1.54, 1.807) is 6.08 Å². The van der Waals surface area contributed by atoms with Gasteiger partial charge in [0.05, 0.1) is 11.0 Å². The minimum Gasteiger partial charge on any atom is -0.369 e. The SMILES string of the molecule is CC(/C=C/c1ccc(/C=C/C=O)cc1)Cc1nc2cc(N(CCCl)CCCl)ccc2n1C. The van der Waals surface area contributed by atoms with Crippen LogP contribution < -0.4 is 4.90 Å². The van der Waals surface area contributed by atoms with Gasteiger partial charge in [0.15, 0.2) is 0 Å². The van der Waals surface area contributed by atoms with Crippen LogP contribution in [-0.4, -0.2) is 40.7 Å². The van der Waals surface area contributed by atoms with Crippen LogP contribution in [0.3, 0.4) is 0 Å². The Kier molecular flexibility index (Phi) is 8.95. The van der Waals surface area contributed by atoms with Crippen LogP contribution in [0.4, 0.5) is 5.69 Å². The molecule has 0 saturated carbocycles. The number of hydrogen-bond donors (Lipinski definition) is 0. The summed E-state index contributed by atoms with van der Waals surface area (Å²) in [4.78, 5) is 17.5. The number of anilines is 1. The molecule has 0 spiro atoms. The summed E-state index contributed by atoms with van der Waals surface area (Å²) < 4.78 is 2.17. The van der Waals surface area contributed by atoms with Crippen molar-refractivity contribution in [3.8, 4) is 0 Å². The van der Waals surface area contributed by atoms with Crippen LogP contribution in [0, 0.1) is 5.92 Å². The summed E-state index contributed by atoms with van der Waals surface area (Å²) in [6.07, 6.45) is 9.28. The lowest BCUT2D eigenvalue weighted by atomic mass is 10.0. The molecule has 0 radical (unpaired) electrons. The summed E-state index contributed by atoms with van der Waals surface area (Å²) in [7, 11) is 2.07. The number of fused-ring (bicyclic) bond motifs is 1. The lowest BCUT2D eigenvalue weighted by Crippen LogP contribution is -2.27. The van der Waals surface area contributed by atoms with E-state index >= 15 is 0 Å². The highest BCUT2D eigenvalue weighted by Gasteiger charge is 2.13. The van der Waals surface area contributed by atoms with Gasteiger partial charge in [0.2, 0.25) is 0 Å². The molecule has 32 heavy (non-hydrogen) atoms. The molecule has 0 N–H and O–H groups in total. The van der Waals surface area contributed by atoms with Gasteiger partial charge >= 0.3 is 0 Å². The number of alkyl halides is 2. The van der Waals surface area contributed by atoms with E-state index in [0.29, 0.717) is 17.7 Å². The van der Waals surface area contributed by atoms with Crippen LogP contribution in [0.25, 0.3) is 23.2 Å². The largest absolute Gasteiger partial charge is 0.369 e. The van der Waals surface area contributed by atoms with Crippen molar-refractivity contribution in [2.75, 3.05) is 29.7 Å². The second-order valence-electron chi connectivity index (χ2n) is 7.83. The fourth-order valence-electron chi connectivity index (χ4n) is 3.69. The maximum Gasteiger partial charge on any atom is 0.142 e. The fraction of sp³-hybridized carbons (Fsp3) is 0.308. The molecule has 2 aromatic carbocycles. The van der Waals surface area contributed by atoms with Crippen molar-refractivity contribution >= 4 is 58.4 Å². The van der Waals surface area contributed by atoms with E-state index < -0.39 is 0 Å². The number of halogens is 2. The molecule has 1 aromatic heterocycles. The number of aldehydes is 1. The Morgan fingerprint density at radius 1 is 1.03 bits per heavy atom. The van der Waals surface area contributed by atoms with Crippen LogP contribution >= 0.6 is 23.2 Å². The lowest BCUT2D eigenvalue weighted by Gasteiger charge is -2.22. The van der Waals surface area contributed by atoms with Gasteiger partial charge in [-0.1, -0.05) is 49.4 Å². The molecule has 3 rings (SSSR count). The van der Waals surface area contributed by atoms with Crippen LogP contribution in [0.15, 0.2) is 54.6 Å². The van der Waals surface area contributed by atoms with E-state index in [0.717, 1.165) is 59.5 Å². The summed E-state index contributed by atoms with van der Waals surface area (Å²) >= 11 is 11.9. The van der Waals surface area contributed by atoms with Gasteiger partial charge in [0, 0.05) is 44.0 Å². The van der Waals surface area contributed by atoms with Crippen LogP contribution in [0.2, 0.25) is 0 Å². The van der Waals surface area contributed by atoms with Crippen LogP contribution in [-0.2, 0) is 18.3 Å². The molecule has 0 fully saturated rings. The van der Waals surface area contributed by atoms with Crippen molar-refractivity contribution in [1.82, 2.24) is 9.55 Å². The van der Waals surface area contributed by atoms with E-state index in [1.165, 1.54) is 6.08 Å². The number of benzene rings is 2. The molecule has 0 amide bonds. The van der Waals surface area contributed by atoms with Gasteiger partial charge in [-0.15, -0.1) is 23.2 Å². The Hall–Kier alpha value is -2.56. The number of allylic oxidation sites excluding steroid dienone is 2. The summed E-state index contributed by atoms with van der Waals surface area (Å²) in [5.41, 5.74) is 5.35. The Morgan fingerprint density at radius 2 is 1.69 bits per heavy atom. The summed E-state index contributed by atoms with van der Waals surface area (Å²) in [6.45, 7) is 3.72. The average molecular weight is 470 g/mol. The molecule has 4 nitrogen and oxygen atoms in total. The molecule has 1 unspecified atom stereocenters. The van der Waals surface area contributed by atoms with Gasteiger partial charge in [-0.05, 0) is 41.3 Å². The Labute approximate surface area is 200 Å². The van der Waals surface area contributed by atoms with E-state index in [2.05, 4.69) is 65.9 Å². The highest BCUT2D eigenvalue weighted by Crippen LogP contribution is 2.24. The number of imidazole rings is 1. The van der Waals surface area contributed by atoms with Crippen LogP contribution in [0.5, 0.6) is 0 Å². The topological polar surface area (TPSA) is 38.1 Å². The smallest absolute Gasteiger partial charge is 0.142 e. The van der Waals surface area contributed by atoms with Crippen molar-refractivity contribution in [1.29, 1.82) is 0 Å². The molecule has 3 aromatic rings. The molecule has 1 heterocycles. The summed E-state index contributed by atoms with van der Waals surface area (Å²) in [6, 6.07) is 14.5. The molecule has 0 bridgehead atoms. The Bertz CT molecular complexity index is 1080. The van der Waals surface area contributed by atoms with Gasteiger partial charge < -0.3 is 9.47 Å². The third-order valence-electron chi connectivity index (χ3n) is 5.46. The van der Waals surface area contributed by atoms with Gasteiger partial charge in [0.25, 0.3) is 0 Å². The van der Waals surface area contributed by atoms with Crippen molar-refractivity contribution in [2.45, 2.75) is 13.3 Å². The third kappa shape index (κ3) is 6.24. The standard InChI is InChI=1S/C26H29Cl2N3O/c1-20(5-6-22-9-7-21(8-10-22)4-3-17-32)18-26-29-24-19-23(11-12-25(24)30(26)2)31(15-13-27)16-14-28/h3-12,17,19-20H,13-16,18H2,1-2H3/b4-3+,6-5+. The monoisotopic (exact) mass is 469 g/mol. The molecule has 0 saturated heterocycles. The average Bonchev–Trinajstić information content (AvgIpc) is 3.11. The third-order valence-corrected chi connectivity index (χ3v) is 5.79. The first-order chi connectivity index (χ1) is 15.5. The van der Waals surface area contributed by atoms with Crippen molar-refractivity contribution < 1.29 is 4.79 Å². The van der Waals surface area contributed by atoms with E-state index in [1.807, 2.05) is 12.1 Å². The number of rotatable bonds is 11. The van der Waals surface area contributed by atoms with Gasteiger partial charge in [-0.3, -0.25) is 4.79 Å². The second kappa shape index (κ2) is 11.9. The first kappa shape index (κ1) is 24.1. The summed E-state index contributed by atoms with van der Waals surface area (Å²) in [5, 5.41) is 0. The number of nitrogens with zero attached hydrogens (tertiary/aromatic N) is 3. The number of hydrogen-bond acceptors (Lipinski definition) is 3. The second-order valence-corrected chi connectivity index (χ2v) is 8.58. The van der Waals surface area contributed by atoms with E-state index in [4.69, 9.17) is 28.2 Å². The van der Waals surface area contributed by atoms with Gasteiger partial charge in [-0.2, -0.15) is 0 Å². The van der Waals surface area contributed by atoms with Gasteiger partial charge in [-0.25, -0.2) is 4.98 Å². The maximum atomic E-state index is 10.4. The predicted octanol–water partition coefficient (Wildman–Crippen LogP) is 5.96. The van der Waals surface area contributed by atoms with Crippen molar-refractivity contribution in [3.63, 3.8) is 0 Å². The molecule has 168 valence electrons. The lowest BCUT2D eigenvalue weighted by molar-refractivity contribution is -0.104. The highest BCUT2D eigenvalue weighted by molar-refractivity contribution is 6.18. The Balaban J connectivity index is 1.72. The minimum atomic E-state index is 0.337. The molecular weight excluding hydrogens is 441 g/mol. The molecule has 1 atom stereocenters. The number of carbonyl (C=O) groups is 1. The first-order valence-electron chi connectivity index (χ1n) is 10.8. The Morgan fingerprint density at radius 3 is 2.31 bits per heavy atom. The van der Waals surface area contributed by atoms with Crippen LogP contribution in [0.1, 0.15) is 23.9 Å². The maximum absolute atomic E-state index is 10.4. The molecule has 6 heteroatoms. The molecule has 0 aliphatic rings. The summed E-state index contributed by atoms with van der Waals surface area (Å²) in [5.74, 6) is 2.52. The molecular formula is C26H29Cl2N3O. The zero-order valence-corrected chi connectivity index (χ0v) is 20.1. The quantitative estimate of drug-likeness (QED) is 0.197. The number of aryl methyl sites for hydroxylation is 1. The van der Waals surface area contributed by atoms with Crippen molar-refractivity contribution in [2.24, 2.45) is 13.0 Å². The minimum absolute atomic E-state index is 0.337. The number of aromatic nitrogens is 2.